The fourth-order valence-electron chi connectivity index (χ4n) is 4.12. The van der Waals surface area contributed by atoms with Crippen LogP contribution in [0.15, 0.2) is 59.3 Å². The maximum absolute atomic E-state index is 10.7. The summed E-state index contributed by atoms with van der Waals surface area (Å²) in [5, 5.41) is 25.2. The second kappa shape index (κ2) is 7.76. The molecule has 7 heteroatoms. The van der Waals surface area contributed by atoms with Gasteiger partial charge in [0.1, 0.15) is 17.7 Å². The Bertz CT molecular complexity index is 1180. The topological polar surface area (TPSA) is 87.3 Å². The average Bonchev–Trinajstić information content (AvgIpc) is 3.29. The molecule has 2 aromatic heterocycles. The molecule has 3 heterocycles. The van der Waals surface area contributed by atoms with E-state index < -0.39 is 0 Å². The Morgan fingerprint density at radius 3 is 2.77 bits per heavy atom. The Morgan fingerprint density at radius 1 is 1.13 bits per heavy atom. The molecule has 1 unspecified atom stereocenters. The number of phenols is 1. The number of hydrogen-bond donors (Lipinski definition) is 2. The van der Waals surface area contributed by atoms with E-state index in [1.54, 1.807) is 12.3 Å². The summed E-state index contributed by atoms with van der Waals surface area (Å²) >= 11 is 0. The number of fused-ring (bicyclic) bond motifs is 1. The molecule has 152 valence electrons. The van der Waals surface area contributed by atoms with Gasteiger partial charge < -0.3 is 19.7 Å². The number of likely N-dealkylation sites (N-methyl/N-ethyl adjacent to an activating group) is 1. The van der Waals surface area contributed by atoms with Gasteiger partial charge in [0.25, 0.3) is 0 Å². The number of nitrogens with one attached hydrogen (secondary N) is 1. The number of phenolic OH excluding ortho intramolecular Hbond substituents is 1. The third-order valence-corrected chi connectivity index (χ3v) is 5.58. The molecule has 0 saturated carbocycles. The van der Waals surface area contributed by atoms with Crippen molar-refractivity contribution in [3.8, 4) is 28.5 Å². The second-order valence-corrected chi connectivity index (χ2v) is 7.76. The van der Waals surface area contributed by atoms with Gasteiger partial charge in [0.15, 0.2) is 5.82 Å². The number of rotatable bonds is 4. The van der Waals surface area contributed by atoms with Crippen LogP contribution in [0.5, 0.6) is 5.75 Å². The highest BCUT2D eigenvalue weighted by Gasteiger charge is 2.20. The highest BCUT2D eigenvalue weighted by atomic mass is 16.3. The highest BCUT2D eigenvalue weighted by Crippen LogP contribution is 2.36. The first-order chi connectivity index (χ1) is 14.7. The van der Waals surface area contributed by atoms with Crippen molar-refractivity contribution >= 4 is 16.6 Å². The fourth-order valence-corrected chi connectivity index (χ4v) is 4.12. The summed E-state index contributed by atoms with van der Waals surface area (Å²) in [6.07, 6.45) is 5.37. The third-order valence-electron chi connectivity index (χ3n) is 5.58. The zero-order valence-corrected chi connectivity index (χ0v) is 16.7. The minimum atomic E-state index is 0.111. The zero-order valence-electron chi connectivity index (χ0n) is 16.7. The summed E-state index contributed by atoms with van der Waals surface area (Å²) in [5.74, 6) is 1.36. The SMILES string of the molecule is CN1CCCC(Nc2nnc(-c3ccc(-c4ncco4)cc3O)c3ccccc23)C1. The lowest BCUT2D eigenvalue weighted by Crippen LogP contribution is -2.40. The summed E-state index contributed by atoms with van der Waals surface area (Å²) in [4.78, 5) is 6.47. The standard InChI is InChI=1S/C23H23N5O2/c1-28-11-4-5-16(14-28)25-22-18-7-3-2-6-17(18)21(26-27-22)19-9-8-15(13-20(19)29)23-24-10-12-30-23/h2-3,6-10,12-13,16,29H,4-5,11,14H2,1H3,(H,25,27). The van der Waals surface area contributed by atoms with Crippen LogP contribution >= 0.6 is 0 Å². The van der Waals surface area contributed by atoms with Crippen molar-refractivity contribution in [3.05, 3.63) is 54.9 Å². The van der Waals surface area contributed by atoms with Gasteiger partial charge in [-0.25, -0.2) is 4.98 Å². The molecule has 0 bridgehead atoms. The van der Waals surface area contributed by atoms with E-state index in [0.29, 0.717) is 28.8 Å². The van der Waals surface area contributed by atoms with Crippen LogP contribution in [0.2, 0.25) is 0 Å². The van der Waals surface area contributed by atoms with E-state index in [1.807, 2.05) is 36.4 Å². The predicted molar refractivity (Wildman–Crippen MR) is 116 cm³/mol. The van der Waals surface area contributed by atoms with Gasteiger partial charge in [0.2, 0.25) is 5.89 Å². The van der Waals surface area contributed by atoms with Gasteiger partial charge in [-0.2, -0.15) is 0 Å². The van der Waals surface area contributed by atoms with E-state index >= 15 is 0 Å². The Balaban J connectivity index is 1.53. The van der Waals surface area contributed by atoms with Gasteiger partial charge in [-0.05, 0) is 44.6 Å². The molecule has 1 aliphatic heterocycles. The Hall–Kier alpha value is -3.45. The first-order valence-corrected chi connectivity index (χ1v) is 10.1. The van der Waals surface area contributed by atoms with Crippen molar-refractivity contribution in [1.29, 1.82) is 0 Å². The largest absolute Gasteiger partial charge is 0.507 e. The Morgan fingerprint density at radius 2 is 2.00 bits per heavy atom. The van der Waals surface area contributed by atoms with Gasteiger partial charge in [-0.1, -0.05) is 24.3 Å². The lowest BCUT2D eigenvalue weighted by atomic mass is 10.0. The number of oxazole rings is 1. The van der Waals surface area contributed by atoms with Gasteiger partial charge in [0.05, 0.1) is 6.20 Å². The van der Waals surface area contributed by atoms with Crippen molar-refractivity contribution < 1.29 is 9.52 Å². The van der Waals surface area contributed by atoms with Gasteiger partial charge in [-0.15, -0.1) is 10.2 Å². The Labute approximate surface area is 174 Å². The number of aromatic hydroxyl groups is 1. The molecule has 1 fully saturated rings. The van der Waals surface area contributed by atoms with Crippen LogP contribution in [0, 0.1) is 0 Å². The smallest absolute Gasteiger partial charge is 0.225 e. The lowest BCUT2D eigenvalue weighted by molar-refractivity contribution is 0.261. The molecule has 1 atom stereocenters. The number of aromatic nitrogens is 3. The van der Waals surface area contributed by atoms with Crippen LogP contribution in [0.3, 0.4) is 0 Å². The summed E-state index contributed by atoms with van der Waals surface area (Å²) in [5.41, 5.74) is 1.98. The van der Waals surface area contributed by atoms with Crippen LogP contribution in [0.1, 0.15) is 12.8 Å². The number of likely N-dealkylation sites (tertiary alicyclic amines) is 1. The van der Waals surface area contributed by atoms with E-state index in [2.05, 4.69) is 32.4 Å². The third kappa shape index (κ3) is 3.48. The molecule has 7 nitrogen and oxygen atoms in total. The Kier molecular flexibility index (Phi) is 4.80. The molecule has 1 saturated heterocycles. The van der Waals surface area contributed by atoms with Gasteiger partial charge >= 0.3 is 0 Å². The average molecular weight is 401 g/mol. The van der Waals surface area contributed by atoms with E-state index in [-0.39, 0.29) is 5.75 Å². The maximum atomic E-state index is 10.7. The molecule has 1 aliphatic rings. The second-order valence-electron chi connectivity index (χ2n) is 7.76. The number of nitrogens with zero attached hydrogens (tertiary/aromatic N) is 4. The molecule has 0 spiro atoms. The molecule has 0 amide bonds. The molecule has 0 aliphatic carbocycles. The quantitative estimate of drug-likeness (QED) is 0.531. The molecule has 0 radical (unpaired) electrons. The molecule has 2 N–H and O–H groups in total. The minimum Gasteiger partial charge on any atom is -0.507 e. The molecule has 30 heavy (non-hydrogen) atoms. The van der Waals surface area contributed by atoms with E-state index in [4.69, 9.17) is 4.42 Å². The maximum Gasteiger partial charge on any atom is 0.225 e. The van der Waals surface area contributed by atoms with E-state index in [0.717, 1.165) is 36.1 Å². The predicted octanol–water partition coefficient (Wildman–Crippen LogP) is 4.16. The molecule has 2 aromatic carbocycles. The number of piperidine rings is 1. The summed E-state index contributed by atoms with van der Waals surface area (Å²) in [7, 11) is 2.14. The van der Waals surface area contributed by atoms with Crippen LogP contribution in [0.25, 0.3) is 33.5 Å². The number of hydrogen-bond acceptors (Lipinski definition) is 7. The van der Waals surface area contributed by atoms with Crippen LogP contribution in [-0.2, 0) is 0 Å². The zero-order chi connectivity index (χ0) is 20.5. The monoisotopic (exact) mass is 401 g/mol. The highest BCUT2D eigenvalue weighted by molar-refractivity contribution is 6.01. The fraction of sp³-hybridized carbons (Fsp3) is 0.261. The van der Waals surface area contributed by atoms with Crippen molar-refractivity contribution in [2.75, 3.05) is 25.5 Å². The van der Waals surface area contributed by atoms with Crippen LogP contribution in [0.4, 0.5) is 5.82 Å². The van der Waals surface area contributed by atoms with Crippen molar-refractivity contribution in [2.45, 2.75) is 18.9 Å². The van der Waals surface area contributed by atoms with Gasteiger partial charge in [-0.3, -0.25) is 0 Å². The summed E-state index contributed by atoms with van der Waals surface area (Å²) in [6, 6.07) is 13.7. The van der Waals surface area contributed by atoms with Crippen molar-refractivity contribution in [2.24, 2.45) is 0 Å². The molecule has 4 aromatic rings. The van der Waals surface area contributed by atoms with Crippen molar-refractivity contribution in [3.63, 3.8) is 0 Å². The summed E-state index contributed by atoms with van der Waals surface area (Å²) in [6.45, 7) is 2.12. The first-order valence-electron chi connectivity index (χ1n) is 10.1. The summed E-state index contributed by atoms with van der Waals surface area (Å²) < 4.78 is 5.32. The van der Waals surface area contributed by atoms with Crippen LogP contribution < -0.4 is 5.32 Å². The lowest BCUT2D eigenvalue weighted by Gasteiger charge is -2.30. The van der Waals surface area contributed by atoms with E-state index in [9.17, 15) is 5.11 Å². The molecular weight excluding hydrogens is 378 g/mol. The van der Waals surface area contributed by atoms with Crippen molar-refractivity contribution in [1.82, 2.24) is 20.1 Å². The van der Waals surface area contributed by atoms with Gasteiger partial charge in [0, 0.05) is 34.5 Å². The normalized spacial score (nSPS) is 17.3. The number of anilines is 1. The first kappa shape index (κ1) is 18.6. The minimum absolute atomic E-state index is 0.111. The van der Waals surface area contributed by atoms with E-state index in [1.165, 1.54) is 12.7 Å². The molecular formula is C23H23N5O2. The van der Waals surface area contributed by atoms with Crippen LogP contribution in [-0.4, -0.2) is 51.4 Å². The molecule has 5 rings (SSSR count). The number of benzene rings is 2.